The second-order valence-corrected chi connectivity index (χ2v) is 12.0. The number of halogens is 1. The van der Waals surface area contributed by atoms with Gasteiger partial charge in [0, 0.05) is 10.8 Å². The highest BCUT2D eigenvalue weighted by Gasteiger charge is 2.65. The molecule has 0 unspecified atom stereocenters. The fourth-order valence-corrected chi connectivity index (χ4v) is 7.10. The van der Waals surface area contributed by atoms with E-state index in [1.54, 1.807) is 30.3 Å². The van der Waals surface area contributed by atoms with E-state index in [1.807, 2.05) is 0 Å². The maximum atomic E-state index is 12.7. The summed E-state index contributed by atoms with van der Waals surface area (Å²) >= 11 is 6.04. The van der Waals surface area contributed by atoms with Crippen LogP contribution in [-0.4, -0.2) is 26.5 Å². The quantitative estimate of drug-likeness (QED) is 0.452. The Kier molecular flexibility index (Phi) is 4.62. The molecule has 6 rings (SSSR count). The number of hydrogen-bond donors (Lipinski definition) is 3. The van der Waals surface area contributed by atoms with Gasteiger partial charge in [0.1, 0.15) is 5.52 Å². The third-order valence-electron chi connectivity index (χ3n) is 7.01. The lowest BCUT2D eigenvalue weighted by atomic mass is 9.45. The molecule has 2 aromatic heterocycles. The number of carbonyl (C=O) groups is 1. The van der Waals surface area contributed by atoms with Crippen LogP contribution in [0.2, 0.25) is 5.02 Å². The molecule has 1 aromatic carbocycles. The van der Waals surface area contributed by atoms with Gasteiger partial charge in [0.15, 0.2) is 16.4 Å². The molecule has 3 aliphatic rings. The highest BCUT2D eigenvalue weighted by Crippen LogP contribution is 2.64. The summed E-state index contributed by atoms with van der Waals surface area (Å²) in [6.07, 6.45) is 4.81. The molecule has 3 fully saturated rings. The summed E-state index contributed by atoms with van der Waals surface area (Å²) in [5.74, 6) is 1.34. The summed E-state index contributed by atoms with van der Waals surface area (Å²) in [5.41, 5.74) is 12.9. The third-order valence-corrected chi connectivity index (χ3v) is 8.69. The minimum Gasteiger partial charge on any atom is -0.442 e. The van der Waals surface area contributed by atoms with Crippen LogP contribution in [0.25, 0.3) is 11.1 Å². The molecule has 174 valence electrons. The van der Waals surface area contributed by atoms with Crippen molar-refractivity contribution < 1.29 is 17.8 Å². The van der Waals surface area contributed by atoms with Crippen LogP contribution in [0.5, 0.6) is 0 Å². The molecule has 3 aliphatic carbocycles. The van der Waals surface area contributed by atoms with Gasteiger partial charge in [0.05, 0.1) is 22.0 Å². The smallest absolute Gasteiger partial charge is 0.288 e. The Labute approximate surface area is 197 Å². The summed E-state index contributed by atoms with van der Waals surface area (Å²) in [6.45, 7) is 0. The van der Waals surface area contributed by atoms with Gasteiger partial charge in [-0.05, 0) is 80.2 Å². The van der Waals surface area contributed by atoms with Crippen LogP contribution < -0.4 is 16.8 Å². The molecule has 1 amide bonds. The summed E-state index contributed by atoms with van der Waals surface area (Å²) in [5, 5.41) is 3.82. The fourth-order valence-electron chi connectivity index (χ4n) is 5.61. The highest BCUT2D eigenvalue weighted by atomic mass is 35.5. The van der Waals surface area contributed by atoms with Crippen LogP contribution in [0.1, 0.15) is 55.0 Å². The molecule has 3 aromatic rings. The third kappa shape index (κ3) is 3.80. The second kappa shape index (κ2) is 7.15. The van der Waals surface area contributed by atoms with Crippen molar-refractivity contribution in [1.82, 2.24) is 10.3 Å². The Balaban J connectivity index is 1.07. The van der Waals surface area contributed by atoms with E-state index in [2.05, 4.69) is 10.3 Å². The first-order valence-corrected chi connectivity index (χ1v) is 12.8. The van der Waals surface area contributed by atoms with E-state index in [1.165, 1.54) is 0 Å². The number of nitrogens with zero attached hydrogens (tertiary/aromatic N) is 1. The topological polar surface area (TPSA) is 137 Å². The minimum absolute atomic E-state index is 0.0465. The van der Waals surface area contributed by atoms with Gasteiger partial charge in [0.25, 0.3) is 5.91 Å². The molecule has 0 aliphatic heterocycles. The average molecular weight is 489 g/mol. The molecule has 33 heavy (non-hydrogen) atoms. The number of nitrogens with one attached hydrogen (secondary N) is 1. The van der Waals surface area contributed by atoms with Gasteiger partial charge in [-0.2, -0.15) is 0 Å². The molecule has 1 atom stereocenters. The normalized spacial score (nSPS) is 31.8. The number of aromatic nitrogens is 1. The SMILES string of the molecule is NC1(NC(=O)c2ccc([S@](=O)CC3CC3)o2)CC2(C1)CC(N)(c1nc3cc(Cl)ccc3o1)C2. The predicted octanol–water partition coefficient (Wildman–Crippen LogP) is 3.40. The van der Waals surface area contributed by atoms with Crippen LogP contribution in [0.4, 0.5) is 0 Å². The molecule has 2 heterocycles. The van der Waals surface area contributed by atoms with Crippen molar-refractivity contribution in [2.24, 2.45) is 22.8 Å². The summed E-state index contributed by atoms with van der Waals surface area (Å²) < 4.78 is 23.7. The Bertz CT molecular complexity index is 1280. The first kappa shape index (κ1) is 21.3. The second-order valence-electron chi connectivity index (χ2n) is 10.2. The number of fused-ring (bicyclic) bond motifs is 1. The van der Waals surface area contributed by atoms with Crippen molar-refractivity contribution in [1.29, 1.82) is 0 Å². The van der Waals surface area contributed by atoms with Crippen molar-refractivity contribution in [2.45, 2.75) is 54.8 Å². The number of oxazole rings is 1. The maximum absolute atomic E-state index is 12.7. The van der Waals surface area contributed by atoms with Crippen LogP contribution in [-0.2, 0) is 16.3 Å². The Morgan fingerprint density at radius 2 is 1.91 bits per heavy atom. The maximum Gasteiger partial charge on any atom is 0.288 e. The molecule has 0 saturated heterocycles. The number of rotatable bonds is 6. The van der Waals surface area contributed by atoms with Crippen LogP contribution >= 0.6 is 11.6 Å². The van der Waals surface area contributed by atoms with Gasteiger partial charge in [-0.15, -0.1) is 0 Å². The first-order chi connectivity index (χ1) is 15.6. The monoisotopic (exact) mass is 488 g/mol. The molecule has 1 spiro atoms. The average Bonchev–Trinajstić information content (AvgIpc) is 3.22. The zero-order valence-corrected chi connectivity index (χ0v) is 19.5. The summed E-state index contributed by atoms with van der Waals surface area (Å²) in [4.78, 5) is 17.2. The molecule has 3 saturated carbocycles. The number of hydrogen-bond acceptors (Lipinski definition) is 7. The van der Waals surface area contributed by atoms with E-state index in [0.717, 1.165) is 12.8 Å². The Hall–Kier alpha value is -2.20. The van der Waals surface area contributed by atoms with Crippen molar-refractivity contribution in [3.8, 4) is 0 Å². The van der Waals surface area contributed by atoms with E-state index in [4.69, 9.17) is 31.9 Å². The van der Waals surface area contributed by atoms with Crippen molar-refractivity contribution >= 4 is 39.4 Å². The van der Waals surface area contributed by atoms with Gasteiger partial charge in [-0.1, -0.05) is 11.6 Å². The lowest BCUT2D eigenvalue weighted by Crippen LogP contribution is -2.73. The van der Waals surface area contributed by atoms with E-state index in [-0.39, 0.29) is 11.2 Å². The van der Waals surface area contributed by atoms with Gasteiger partial charge in [-0.3, -0.25) is 9.00 Å². The van der Waals surface area contributed by atoms with Crippen LogP contribution in [0.15, 0.2) is 44.3 Å². The molecule has 5 N–H and O–H groups in total. The number of furan rings is 1. The van der Waals surface area contributed by atoms with Crippen molar-refractivity contribution in [3.05, 3.63) is 47.0 Å². The largest absolute Gasteiger partial charge is 0.442 e. The zero-order valence-electron chi connectivity index (χ0n) is 17.9. The van der Waals surface area contributed by atoms with Gasteiger partial charge in [-0.25, -0.2) is 4.98 Å². The number of amides is 1. The lowest BCUT2D eigenvalue weighted by molar-refractivity contribution is -0.113. The zero-order chi connectivity index (χ0) is 23.0. The van der Waals surface area contributed by atoms with E-state index < -0.39 is 27.9 Å². The Morgan fingerprint density at radius 3 is 2.64 bits per heavy atom. The first-order valence-electron chi connectivity index (χ1n) is 11.1. The molecule has 0 radical (unpaired) electrons. The summed E-state index contributed by atoms with van der Waals surface area (Å²) in [7, 11) is -1.21. The van der Waals surface area contributed by atoms with E-state index >= 15 is 0 Å². The van der Waals surface area contributed by atoms with Gasteiger partial charge < -0.3 is 25.6 Å². The number of nitrogens with two attached hydrogens (primary N) is 2. The predicted molar refractivity (Wildman–Crippen MR) is 123 cm³/mol. The summed E-state index contributed by atoms with van der Waals surface area (Å²) in [6, 6.07) is 8.47. The standard InChI is InChI=1S/C23H25ClN4O4S/c24-14-3-4-16-15(7-14)27-20(32-16)22(25)9-21(10-22)11-23(26,12-21)28-19(29)17-5-6-18(31-17)33(30)8-13-1-2-13/h3-7,13H,1-2,8-12,25-26H2,(H,28,29)/t21?,22?,23?,33-/m1/s1. The molecule has 0 bridgehead atoms. The number of carbonyl (C=O) groups excluding carboxylic acids is 1. The molecular formula is C23H25ClN4O4S. The van der Waals surface area contributed by atoms with Crippen LogP contribution in [0.3, 0.4) is 0 Å². The molecule has 10 heteroatoms. The fraction of sp³-hybridized carbons (Fsp3) is 0.478. The van der Waals surface area contributed by atoms with E-state index in [0.29, 0.717) is 64.5 Å². The molecular weight excluding hydrogens is 464 g/mol. The highest BCUT2D eigenvalue weighted by molar-refractivity contribution is 7.84. The number of benzene rings is 1. The van der Waals surface area contributed by atoms with E-state index in [9.17, 15) is 9.00 Å². The minimum atomic E-state index is -1.21. The Morgan fingerprint density at radius 1 is 1.15 bits per heavy atom. The van der Waals surface area contributed by atoms with Crippen molar-refractivity contribution in [3.63, 3.8) is 0 Å². The van der Waals surface area contributed by atoms with Crippen molar-refractivity contribution in [2.75, 3.05) is 5.75 Å². The van der Waals surface area contributed by atoms with Gasteiger partial charge >= 0.3 is 0 Å². The lowest BCUT2D eigenvalue weighted by Gasteiger charge is -2.64. The molecule has 8 nitrogen and oxygen atoms in total. The van der Waals surface area contributed by atoms with Gasteiger partial charge in [0.2, 0.25) is 5.89 Å². The van der Waals surface area contributed by atoms with Crippen LogP contribution in [0, 0.1) is 11.3 Å².